The van der Waals surface area contributed by atoms with Crippen molar-refractivity contribution in [1.29, 1.82) is 0 Å². The van der Waals surface area contributed by atoms with Gasteiger partial charge in [0, 0.05) is 12.1 Å². The first-order chi connectivity index (χ1) is 9.93. The van der Waals surface area contributed by atoms with Gasteiger partial charge in [-0.2, -0.15) is 0 Å². The fourth-order valence-corrected chi connectivity index (χ4v) is 4.95. The summed E-state index contributed by atoms with van der Waals surface area (Å²) in [5.74, 6) is 1.98. The van der Waals surface area contributed by atoms with Crippen LogP contribution in [-0.4, -0.2) is 25.2 Å². The van der Waals surface area contributed by atoms with Crippen LogP contribution in [0.25, 0.3) is 0 Å². The van der Waals surface area contributed by atoms with E-state index in [-0.39, 0.29) is 0 Å². The van der Waals surface area contributed by atoms with Crippen LogP contribution in [0.4, 0.5) is 0 Å². The highest BCUT2D eigenvalue weighted by Gasteiger charge is 2.32. The van der Waals surface area contributed by atoms with Crippen LogP contribution in [0.15, 0.2) is 0 Å². The van der Waals surface area contributed by atoms with Gasteiger partial charge in [0.1, 0.15) is 0 Å². The molecule has 2 N–H and O–H groups in total. The van der Waals surface area contributed by atoms with Gasteiger partial charge in [-0.05, 0) is 63.5 Å². The van der Waals surface area contributed by atoms with Gasteiger partial charge in [0.2, 0.25) is 0 Å². The largest absolute Gasteiger partial charge is 0.314 e. The summed E-state index contributed by atoms with van der Waals surface area (Å²) in [6.45, 7) is 2.53. The van der Waals surface area contributed by atoms with Gasteiger partial charge in [-0.1, -0.05) is 38.5 Å². The van der Waals surface area contributed by atoms with Crippen molar-refractivity contribution in [3.8, 4) is 0 Å². The fourth-order valence-electron chi connectivity index (χ4n) is 4.95. The normalized spacial score (nSPS) is 35.7. The van der Waals surface area contributed by atoms with Crippen molar-refractivity contribution in [1.82, 2.24) is 10.6 Å². The second kappa shape index (κ2) is 7.79. The second-order valence-electron chi connectivity index (χ2n) is 7.50. The molecule has 1 saturated heterocycles. The first-order valence-corrected chi connectivity index (χ1v) is 9.40. The van der Waals surface area contributed by atoms with E-state index in [9.17, 15) is 0 Å². The highest BCUT2D eigenvalue weighted by molar-refractivity contribution is 4.91. The van der Waals surface area contributed by atoms with E-state index in [0.29, 0.717) is 0 Å². The number of hydrogen-bond donors (Lipinski definition) is 2. The summed E-state index contributed by atoms with van der Waals surface area (Å²) in [5, 5.41) is 7.68. The minimum absolute atomic E-state index is 0.808. The molecule has 2 nitrogen and oxygen atoms in total. The average Bonchev–Trinajstić information content (AvgIpc) is 3.17. The fraction of sp³-hybridized carbons (Fsp3) is 1.00. The number of nitrogens with one attached hydrogen (secondary N) is 2. The van der Waals surface area contributed by atoms with Crippen LogP contribution < -0.4 is 10.6 Å². The standard InChI is InChI=1S/C18H34N2/c1-2-8-15(7-1)9-5-13-19-17-11-4-3-10-16(17)18-12-6-14-20-18/h15-20H,1-14H2. The second-order valence-corrected chi connectivity index (χ2v) is 7.50. The molecule has 0 spiro atoms. The smallest absolute Gasteiger partial charge is 0.0111 e. The zero-order chi connectivity index (χ0) is 13.6. The maximum atomic E-state index is 3.93. The van der Waals surface area contributed by atoms with Gasteiger partial charge in [0.15, 0.2) is 0 Å². The molecule has 2 aliphatic carbocycles. The molecule has 2 heteroatoms. The summed E-state index contributed by atoms with van der Waals surface area (Å²) in [7, 11) is 0. The highest BCUT2D eigenvalue weighted by atomic mass is 15.0. The lowest BCUT2D eigenvalue weighted by molar-refractivity contribution is 0.213. The van der Waals surface area contributed by atoms with Crippen LogP contribution in [0, 0.1) is 11.8 Å². The Morgan fingerprint density at radius 2 is 1.65 bits per heavy atom. The summed E-state index contributed by atoms with van der Waals surface area (Å²) in [6.07, 6.45) is 17.5. The van der Waals surface area contributed by atoms with Crippen molar-refractivity contribution in [2.75, 3.05) is 13.1 Å². The Morgan fingerprint density at radius 1 is 0.850 bits per heavy atom. The molecule has 3 aliphatic rings. The third-order valence-corrected chi connectivity index (χ3v) is 6.11. The molecule has 0 bridgehead atoms. The lowest BCUT2D eigenvalue weighted by Gasteiger charge is -2.36. The van der Waals surface area contributed by atoms with Crippen molar-refractivity contribution in [3.05, 3.63) is 0 Å². The Balaban J connectivity index is 1.37. The predicted molar refractivity (Wildman–Crippen MR) is 86.0 cm³/mol. The van der Waals surface area contributed by atoms with Crippen LogP contribution in [-0.2, 0) is 0 Å². The van der Waals surface area contributed by atoms with E-state index < -0.39 is 0 Å². The SMILES string of the molecule is C1CCC(CCCNC2CCCCC2C2CCCN2)C1. The molecule has 1 aliphatic heterocycles. The number of hydrogen-bond acceptors (Lipinski definition) is 2. The summed E-state index contributed by atoms with van der Waals surface area (Å²) in [4.78, 5) is 0. The summed E-state index contributed by atoms with van der Waals surface area (Å²) >= 11 is 0. The van der Waals surface area contributed by atoms with E-state index in [1.807, 2.05) is 0 Å². The van der Waals surface area contributed by atoms with E-state index in [4.69, 9.17) is 0 Å². The molecule has 3 atom stereocenters. The Morgan fingerprint density at radius 3 is 2.45 bits per heavy atom. The number of rotatable bonds is 6. The lowest BCUT2D eigenvalue weighted by Crippen LogP contribution is -2.47. The first kappa shape index (κ1) is 14.8. The van der Waals surface area contributed by atoms with Gasteiger partial charge in [-0.15, -0.1) is 0 Å². The van der Waals surface area contributed by atoms with E-state index >= 15 is 0 Å². The molecule has 3 fully saturated rings. The van der Waals surface area contributed by atoms with Gasteiger partial charge in [-0.25, -0.2) is 0 Å². The predicted octanol–water partition coefficient (Wildman–Crippen LogP) is 3.86. The molecular formula is C18H34N2. The van der Waals surface area contributed by atoms with E-state index in [0.717, 1.165) is 23.9 Å². The average molecular weight is 278 g/mol. The van der Waals surface area contributed by atoms with E-state index in [1.54, 1.807) is 0 Å². The third-order valence-electron chi connectivity index (χ3n) is 6.11. The maximum absolute atomic E-state index is 3.93. The zero-order valence-electron chi connectivity index (χ0n) is 13.2. The van der Waals surface area contributed by atoms with Crippen LogP contribution in [0.1, 0.15) is 77.0 Å². The van der Waals surface area contributed by atoms with Crippen LogP contribution >= 0.6 is 0 Å². The lowest BCUT2D eigenvalue weighted by atomic mass is 9.79. The van der Waals surface area contributed by atoms with Crippen LogP contribution in [0.2, 0.25) is 0 Å². The van der Waals surface area contributed by atoms with Crippen molar-refractivity contribution in [2.24, 2.45) is 11.8 Å². The first-order valence-electron chi connectivity index (χ1n) is 9.40. The molecule has 116 valence electrons. The molecule has 0 radical (unpaired) electrons. The molecule has 3 rings (SSSR count). The third kappa shape index (κ3) is 3.98. The Labute approximate surface area is 125 Å². The summed E-state index contributed by atoms with van der Waals surface area (Å²) in [6, 6.07) is 1.63. The molecule has 2 saturated carbocycles. The quantitative estimate of drug-likeness (QED) is 0.721. The zero-order valence-corrected chi connectivity index (χ0v) is 13.2. The topological polar surface area (TPSA) is 24.1 Å². The van der Waals surface area contributed by atoms with Gasteiger partial charge in [0.05, 0.1) is 0 Å². The van der Waals surface area contributed by atoms with Gasteiger partial charge >= 0.3 is 0 Å². The van der Waals surface area contributed by atoms with Crippen LogP contribution in [0.5, 0.6) is 0 Å². The Kier molecular flexibility index (Phi) is 5.78. The molecule has 0 aromatic rings. The van der Waals surface area contributed by atoms with Crippen LogP contribution in [0.3, 0.4) is 0 Å². The van der Waals surface area contributed by atoms with Crippen molar-refractivity contribution < 1.29 is 0 Å². The van der Waals surface area contributed by atoms with Gasteiger partial charge in [0.25, 0.3) is 0 Å². The molecule has 0 amide bonds. The molecule has 0 aromatic heterocycles. The van der Waals surface area contributed by atoms with Crippen molar-refractivity contribution >= 4 is 0 Å². The molecular weight excluding hydrogens is 244 g/mol. The van der Waals surface area contributed by atoms with Crippen molar-refractivity contribution in [3.63, 3.8) is 0 Å². The molecule has 1 heterocycles. The molecule has 0 aromatic carbocycles. The van der Waals surface area contributed by atoms with E-state index in [1.165, 1.54) is 90.1 Å². The van der Waals surface area contributed by atoms with Gasteiger partial charge in [-0.3, -0.25) is 0 Å². The highest BCUT2D eigenvalue weighted by Crippen LogP contribution is 2.31. The van der Waals surface area contributed by atoms with Crippen molar-refractivity contribution in [2.45, 2.75) is 89.1 Å². The minimum Gasteiger partial charge on any atom is -0.314 e. The van der Waals surface area contributed by atoms with E-state index in [2.05, 4.69) is 10.6 Å². The minimum atomic E-state index is 0.808. The monoisotopic (exact) mass is 278 g/mol. The summed E-state index contributed by atoms with van der Waals surface area (Å²) in [5.41, 5.74) is 0. The Bertz CT molecular complexity index is 267. The maximum Gasteiger partial charge on any atom is 0.0111 e. The Hall–Kier alpha value is -0.0800. The van der Waals surface area contributed by atoms with Gasteiger partial charge < -0.3 is 10.6 Å². The molecule has 3 unspecified atom stereocenters. The summed E-state index contributed by atoms with van der Waals surface area (Å²) < 4.78 is 0. The molecule has 20 heavy (non-hydrogen) atoms.